The van der Waals surface area contributed by atoms with Crippen LogP contribution in [0.3, 0.4) is 0 Å². The molecule has 0 N–H and O–H groups in total. The fraction of sp³-hybridized carbons (Fsp3) is 0.500. The average molecular weight is 488 g/mol. The summed E-state index contributed by atoms with van der Waals surface area (Å²) < 4.78 is 5.29. The van der Waals surface area contributed by atoms with Crippen molar-refractivity contribution < 1.29 is 0 Å². The van der Waals surface area contributed by atoms with Gasteiger partial charge in [-0.2, -0.15) is 15.5 Å². The van der Waals surface area contributed by atoms with E-state index in [0.29, 0.717) is 11.3 Å². The maximum absolute atomic E-state index is 12.9. The van der Waals surface area contributed by atoms with Crippen molar-refractivity contribution in [3.8, 4) is 6.07 Å². The SMILES string of the molecule is CC[C@H]1CN([C@H](C)c2ccc3nc(C)cn3n2)[C@H](CC)CN1c1cc(=O)n(C)c2cc(CC#N)nn12. The molecule has 4 aromatic heterocycles. The summed E-state index contributed by atoms with van der Waals surface area (Å²) >= 11 is 0. The lowest BCUT2D eigenvalue weighted by Crippen LogP contribution is -2.59. The van der Waals surface area contributed by atoms with Gasteiger partial charge in [-0.3, -0.25) is 14.3 Å². The highest BCUT2D eigenvalue weighted by molar-refractivity contribution is 5.52. The molecule has 0 radical (unpaired) electrons. The van der Waals surface area contributed by atoms with E-state index in [0.717, 1.165) is 48.8 Å². The monoisotopic (exact) mass is 487 g/mol. The second kappa shape index (κ2) is 9.39. The molecule has 36 heavy (non-hydrogen) atoms. The highest BCUT2D eigenvalue weighted by Crippen LogP contribution is 2.31. The summed E-state index contributed by atoms with van der Waals surface area (Å²) in [5.41, 5.74) is 4.13. The Morgan fingerprint density at radius 2 is 1.92 bits per heavy atom. The van der Waals surface area contributed by atoms with Crippen LogP contribution < -0.4 is 10.5 Å². The molecule has 1 aliphatic heterocycles. The van der Waals surface area contributed by atoms with E-state index in [1.54, 1.807) is 17.7 Å². The second-order valence-electron chi connectivity index (χ2n) is 9.73. The van der Waals surface area contributed by atoms with E-state index in [4.69, 9.17) is 10.2 Å². The Balaban J connectivity index is 1.50. The molecule has 1 aliphatic rings. The molecular formula is C26H33N9O. The Hall–Kier alpha value is -3.71. The van der Waals surface area contributed by atoms with Gasteiger partial charge in [0.2, 0.25) is 0 Å². The van der Waals surface area contributed by atoms with Crippen LogP contribution in [-0.4, -0.2) is 58.9 Å². The second-order valence-corrected chi connectivity index (χ2v) is 9.73. The summed E-state index contributed by atoms with van der Waals surface area (Å²) in [4.78, 5) is 22.3. The lowest BCUT2D eigenvalue weighted by atomic mass is 9.99. The summed E-state index contributed by atoms with van der Waals surface area (Å²) in [5, 5.41) is 18.7. The van der Waals surface area contributed by atoms with E-state index < -0.39 is 0 Å². The third kappa shape index (κ3) is 4.03. The van der Waals surface area contributed by atoms with Gasteiger partial charge in [0.15, 0.2) is 5.65 Å². The number of nitrogens with zero attached hydrogens (tertiary/aromatic N) is 9. The molecule has 0 amide bonds. The molecule has 10 heteroatoms. The number of anilines is 1. The van der Waals surface area contributed by atoms with E-state index in [1.807, 2.05) is 34.3 Å². The quantitative estimate of drug-likeness (QED) is 0.412. The van der Waals surface area contributed by atoms with Crippen molar-refractivity contribution in [2.75, 3.05) is 18.0 Å². The van der Waals surface area contributed by atoms with Gasteiger partial charge in [-0.05, 0) is 38.8 Å². The van der Waals surface area contributed by atoms with E-state index in [9.17, 15) is 10.1 Å². The van der Waals surface area contributed by atoms with Gasteiger partial charge >= 0.3 is 0 Å². The first-order valence-electron chi connectivity index (χ1n) is 12.7. The topological polar surface area (TPSA) is 99.8 Å². The fourth-order valence-electron chi connectivity index (χ4n) is 5.43. The van der Waals surface area contributed by atoms with Crippen molar-refractivity contribution in [1.82, 2.24) is 33.7 Å². The molecule has 0 aliphatic carbocycles. The number of aryl methyl sites for hydroxylation is 2. The number of nitriles is 1. The van der Waals surface area contributed by atoms with Gasteiger partial charge in [-0.25, -0.2) is 14.0 Å². The molecule has 1 saturated heterocycles. The fourth-order valence-corrected chi connectivity index (χ4v) is 5.43. The van der Waals surface area contributed by atoms with Crippen molar-refractivity contribution >= 4 is 17.1 Å². The van der Waals surface area contributed by atoms with E-state index >= 15 is 0 Å². The maximum atomic E-state index is 12.9. The number of piperazine rings is 1. The summed E-state index contributed by atoms with van der Waals surface area (Å²) in [7, 11) is 1.75. The molecule has 0 aromatic carbocycles. The Kier molecular flexibility index (Phi) is 6.26. The van der Waals surface area contributed by atoms with Crippen LogP contribution in [0.1, 0.15) is 56.7 Å². The molecule has 1 fully saturated rings. The summed E-state index contributed by atoms with van der Waals surface area (Å²) in [6.45, 7) is 10.2. The normalized spacial score (nSPS) is 19.7. The number of hydrogen-bond donors (Lipinski definition) is 0. The van der Waals surface area contributed by atoms with Crippen LogP contribution >= 0.6 is 0 Å². The molecule has 3 atom stereocenters. The largest absolute Gasteiger partial charge is 0.351 e. The highest BCUT2D eigenvalue weighted by atomic mass is 16.1. The minimum Gasteiger partial charge on any atom is -0.351 e. The predicted molar refractivity (Wildman–Crippen MR) is 138 cm³/mol. The third-order valence-corrected chi connectivity index (χ3v) is 7.51. The van der Waals surface area contributed by atoms with Crippen molar-refractivity contribution in [2.45, 2.75) is 65.1 Å². The van der Waals surface area contributed by atoms with Crippen LogP contribution in [0.5, 0.6) is 0 Å². The van der Waals surface area contributed by atoms with Gasteiger partial charge in [0.25, 0.3) is 5.56 Å². The molecule has 10 nitrogen and oxygen atoms in total. The first-order valence-corrected chi connectivity index (χ1v) is 12.7. The molecule has 5 rings (SSSR count). The van der Waals surface area contributed by atoms with E-state index in [1.165, 1.54) is 0 Å². The minimum absolute atomic E-state index is 0.0762. The Bertz CT molecular complexity index is 1510. The zero-order valence-corrected chi connectivity index (χ0v) is 21.6. The van der Waals surface area contributed by atoms with Gasteiger partial charge in [-0.15, -0.1) is 0 Å². The van der Waals surface area contributed by atoms with Crippen molar-refractivity contribution in [3.05, 3.63) is 57.9 Å². The molecule has 188 valence electrons. The predicted octanol–water partition coefficient (Wildman–Crippen LogP) is 2.89. The third-order valence-electron chi connectivity index (χ3n) is 7.51. The number of fused-ring (bicyclic) bond motifs is 2. The Morgan fingerprint density at radius 1 is 1.14 bits per heavy atom. The molecule has 0 spiro atoms. The zero-order chi connectivity index (χ0) is 25.6. The standard InChI is InChI=1S/C26H33N9O/c1-6-20-16-33(25-13-26(36)31(5)24-12-19(10-11-27)29-35(24)25)21(7-2)15-32(20)18(4)22-8-9-23-28-17(3)14-34(23)30-22/h8-9,12-14,18,20-21H,6-7,10,15-16H2,1-5H3/t18-,20-,21+/m1/s1. The molecule has 0 saturated carbocycles. The molecule has 5 heterocycles. The van der Waals surface area contributed by atoms with Crippen LogP contribution in [0.25, 0.3) is 11.3 Å². The highest BCUT2D eigenvalue weighted by Gasteiger charge is 2.37. The summed E-state index contributed by atoms with van der Waals surface area (Å²) in [6.07, 6.45) is 4.07. The first kappa shape index (κ1) is 24.0. The molecule has 4 aromatic rings. The number of aromatic nitrogens is 6. The van der Waals surface area contributed by atoms with Crippen LogP contribution in [0.2, 0.25) is 0 Å². The lowest BCUT2D eigenvalue weighted by molar-refractivity contribution is 0.0978. The van der Waals surface area contributed by atoms with E-state index in [2.05, 4.69) is 47.7 Å². The summed E-state index contributed by atoms with van der Waals surface area (Å²) in [6, 6.07) is 10.4. The average Bonchev–Trinajstić information content (AvgIpc) is 3.47. The number of hydrogen-bond acceptors (Lipinski definition) is 7. The summed E-state index contributed by atoms with van der Waals surface area (Å²) in [5.74, 6) is 0.795. The zero-order valence-electron chi connectivity index (χ0n) is 21.6. The van der Waals surface area contributed by atoms with E-state index in [-0.39, 0.29) is 30.1 Å². The van der Waals surface area contributed by atoms with Gasteiger partial charge in [0, 0.05) is 44.4 Å². The van der Waals surface area contributed by atoms with Crippen molar-refractivity contribution in [3.63, 3.8) is 0 Å². The van der Waals surface area contributed by atoms with Crippen LogP contribution in [-0.2, 0) is 13.5 Å². The van der Waals surface area contributed by atoms with Crippen LogP contribution in [0, 0.1) is 18.3 Å². The van der Waals surface area contributed by atoms with Crippen LogP contribution in [0.15, 0.2) is 35.3 Å². The number of rotatable bonds is 6. The molecule has 0 unspecified atom stereocenters. The van der Waals surface area contributed by atoms with Gasteiger partial charge < -0.3 is 4.90 Å². The lowest BCUT2D eigenvalue weighted by Gasteiger charge is -2.49. The Labute approximate surface area is 210 Å². The van der Waals surface area contributed by atoms with Crippen molar-refractivity contribution in [2.24, 2.45) is 7.05 Å². The first-order chi connectivity index (χ1) is 17.3. The van der Waals surface area contributed by atoms with Gasteiger partial charge in [0.1, 0.15) is 11.5 Å². The molecular weight excluding hydrogens is 454 g/mol. The van der Waals surface area contributed by atoms with Crippen molar-refractivity contribution in [1.29, 1.82) is 5.26 Å². The van der Waals surface area contributed by atoms with Gasteiger partial charge in [-0.1, -0.05) is 13.8 Å². The Morgan fingerprint density at radius 3 is 2.64 bits per heavy atom. The minimum atomic E-state index is -0.0762. The maximum Gasteiger partial charge on any atom is 0.255 e. The van der Waals surface area contributed by atoms with Gasteiger partial charge in [0.05, 0.1) is 41.8 Å². The van der Waals surface area contributed by atoms with Crippen LogP contribution in [0.4, 0.5) is 5.82 Å². The smallest absolute Gasteiger partial charge is 0.255 e. The number of imidazole rings is 1. The molecule has 0 bridgehead atoms.